The van der Waals surface area contributed by atoms with Crippen LogP contribution in [0, 0.1) is 12.3 Å². The number of aliphatic hydroxyl groups excluding tert-OH is 2. The number of fused-ring (bicyclic) bond motifs is 1. The van der Waals surface area contributed by atoms with Crippen LogP contribution < -0.4 is 5.31 Å². The van der Waals surface area contributed by atoms with Crippen LogP contribution in [0.4, 0.5) is 5.82 Å². The lowest BCUT2D eigenvalue weighted by atomic mass is 9.99. The molecule has 0 saturated carbocycles. The van der Waals surface area contributed by atoms with Crippen LogP contribution >= 0.6 is 11.6 Å². The van der Waals surface area contributed by atoms with Gasteiger partial charge in [-0.3, -0.25) is 4.79 Å². The summed E-state index contributed by atoms with van der Waals surface area (Å²) in [4.78, 5) is 20.8. The molecule has 0 bridgehead atoms. The molecule has 30 heavy (non-hydrogen) atoms. The molecule has 3 atom stereocenters. The molecule has 0 spiro atoms. The van der Waals surface area contributed by atoms with Crippen molar-refractivity contribution < 1.29 is 21.2 Å². The predicted octanol–water partition coefficient (Wildman–Crippen LogP) is 3.03. The highest BCUT2D eigenvalue weighted by Gasteiger charge is 2.47. The molecule has 162 valence electrons. The summed E-state index contributed by atoms with van der Waals surface area (Å²) < 4.78 is 15.7. The third-order valence-electron chi connectivity index (χ3n) is 5.35. The first-order valence-electron chi connectivity index (χ1n) is 10.6. The molecular weight excluding hydrogens is 408 g/mol. The Morgan fingerprint density at radius 3 is 2.93 bits per heavy atom. The van der Waals surface area contributed by atoms with Gasteiger partial charge in [0.05, 0.1) is 12.0 Å². The molecule has 8 nitrogen and oxygen atoms in total. The Labute approximate surface area is 182 Å². The van der Waals surface area contributed by atoms with Crippen molar-refractivity contribution in [3.63, 3.8) is 0 Å². The number of carbonyl (C=O) groups is 1. The second-order valence-electron chi connectivity index (χ2n) is 7.46. The molecule has 0 unspecified atom stereocenters. The Morgan fingerprint density at radius 2 is 2.27 bits per heavy atom. The van der Waals surface area contributed by atoms with Crippen molar-refractivity contribution in [2.24, 2.45) is 0 Å². The van der Waals surface area contributed by atoms with Crippen LogP contribution in [-0.4, -0.2) is 49.0 Å². The maximum Gasteiger partial charge on any atom is 0.226 e. The first kappa shape index (κ1) is 21.1. The van der Waals surface area contributed by atoms with Gasteiger partial charge in [-0.1, -0.05) is 38.5 Å². The first-order valence-corrected chi connectivity index (χ1v) is 10.5. The number of anilines is 1. The average molecular weight is 436 g/mol. The third-order valence-corrected chi connectivity index (χ3v) is 5.52. The molecule has 1 saturated heterocycles. The van der Waals surface area contributed by atoms with Gasteiger partial charge in [0.25, 0.3) is 0 Å². The fraction of sp³-hybridized carbons (Fsp3) is 0.571. The molecule has 0 aliphatic carbocycles. The van der Waals surface area contributed by atoms with E-state index in [9.17, 15) is 15.0 Å². The summed E-state index contributed by atoms with van der Waals surface area (Å²) in [5.74, 6) is 2.03. The number of carbonyl (C=O) groups excluding carboxylic acids is 1. The van der Waals surface area contributed by atoms with E-state index in [1.54, 1.807) is 16.8 Å². The molecule has 1 aliphatic rings. The zero-order valence-electron chi connectivity index (χ0n) is 17.9. The van der Waals surface area contributed by atoms with Crippen molar-refractivity contribution in [2.75, 3.05) is 11.9 Å². The van der Waals surface area contributed by atoms with Crippen LogP contribution in [0.2, 0.25) is 6.70 Å². The Hall–Kier alpha value is -2.18. The van der Waals surface area contributed by atoms with Gasteiger partial charge in [0.15, 0.2) is 7.01 Å². The van der Waals surface area contributed by atoms with Gasteiger partial charge in [0.1, 0.15) is 23.8 Å². The van der Waals surface area contributed by atoms with E-state index < -0.39 is 24.5 Å². The number of aromatic nitrogens is 3. The number of ether oxygens (including phenoxy) is 1. The first-order chi connectivity index (χ1) is 14.9. The predicted molar refractivity (Wildman–Crippen MR) is 114 cm³/mol. The minimum absolute atomic E-state index is 0.0798. The van der Waals surface area contributed by atoms with Crippen LogP contribution in [0.5, 0.6) is 0 Å². The largest absolute Gasteiger partial charge is 0.392 e. The van der Waals surface area contributed by atoms with Crippen molar-refractivity contribution in [3.8, 4) is 12.3 Å². The minimum atomic E-state index is -1.50. The van der Waals surface area contributed by atoms with E-state index in [0.29, 0.717) is 17.5 Å². The summed E-state index contributed by atoms with van der Waals surface area (Å²) in [6.07, 6.45) is 10.7. The quantitative estimate of drug-likeness (QED) is 0.317. The number of terminal acetylenes is 1. The second kappa shape index (κ2) is 9.75. The lowest BCUT2D eigenvalue weighted by molar-refractivity contribution is -0.116. The normalized spacial score (nSPS) is 24.0. The number of amides is 1. The topological polar surface area (TPSA) is 110 Å². The summed E-state index contributed by atoms with van der Waals surface area (Å²) in [7, 11) is 0. The summed E-state index contributed by atoms with van der Waals surface area (Å²) in [5.41, 5.74) is -1.17. The number of aliphatic hydroxyl groups is 2. The number of hydrogen-bond acceptors (Lipinski definition) is 6. The third kappa shape index (κ3) is 4.60. The lowest BCUT2D eigenvalue weighted by Crippen LogP contribution is -2.41. The Bertz CT molecular complexity index is 978. The van der Waals surface area contributed by atoms with Crippen LogP contribution in [0.1, 0.15) is 58.1 Å². The van der Waals surface area contributed by atoms with Gasteiger partial charge in [-0.15, -0.1) is 6.42 Å². The van der Waals surface area contributed by atoms with Gasteiger partial charge >= 0.3 is 0 Å². The molecule has 1 amide bonds. The van der Waals surface area contributed by atoms with Gasteiger partial charge in [-0.05, 0) is 24.1 Å². The fourth-order valence-electron chi connectivity index (χ4n) is 3.60. The Morgan fingerprint density at radius 1 is 1.50 bits per heavy atom. The van der Waals surface area contributed by atoms with E-state index in [2.05, 4.69) is 22.8 Å². The monoisotopic (exact) mass is 435 g/mol. The molecule has 0 aromatic carbocycles. The number of nitrogens with one attached hydrogen (secondary N) is 1. The number of unbranched alkanes of at least 4 members (excludes halogenated alkanes) is 4. The van der Waals surface area contributed by atoms with E-state index in [1.807, 2.05) is 0 Å². The molecule has 3 N–H and O–H groups in total. The van der Waals surface area contributed by atoms with E-state index in [0.717, 1.165) is 31.0 Å². The smallest absolute Gasteiger partial charge is 0.226 e. The maximum absolute atomic E-state index is 12.5. The number of rotatable bonds is 9. The summed E-state index contributed by atoms with van der Waals surface area (Å²) >= 11 is 6.09. The second-order valence-corrected chi connectivity index (χ2v) is 7.80. The van der Waals surface area contributed by atoms with Crippen molar-refractivity contribution in [3.05, 3.63) is 17.5 Å². The number of hydrogen-bond donors (Lipinski definition) is 3. The molecule has 0 radical (unpaired) electrons. The van der Waals surface area contributed by atoms with E-state index in [1.165, 1.54) is 0 Å². The van der Waals surface area contributed by atoms with Crippen LogP contribution in [0.25, 0.3) is 11.0 Å². The molecule has 2 aromatic rings. The standard InChI is InChI=1S/C21H27ClN4O4/c1-3-5-6-7-8-9-16(29)23-18-14-10-11-26(19(14)25-20(22)24-18)17-12-15(28)21(4-2,13-27)30-17/h2,10-11,15,17,27-28H,3,5-9,12-13H2,1H3,(H,23,24,25,29)/t15-,17+,21+/m0/s1/i/hD. The highest BCUT2D eigenvalue weighted by Crippen LogP contribution is 2.38. The summed E-state index contributed by atoms with van der Waals surface area (Å²) in [5, 5.41) is 21.0. The average Bonchev–Trinajstić information content (AvgIpc) is 3.33. The van der Waals surface area contributed by atoms with Gasteiger partial charge < -0.3 is 24.8 Å². The van der Waals surface area contributed by atoms with E-state index in [-0.39, 0.29) is 29.9 Å². The molecule has 1 fully saturated rings. The van der Waals surface area contributed by atoms with Gasteiger partial charge in [-0.25, -0.2) is 0 Å². The van der Waals surface area contributed by atoms with Gasteiger partial charge in [-0.2, -0.15) is 9.97 Å². The molecule has 1 aliphatic heterocycles. The highest BCUT2D eigenvalue weighted by molar-refractivity contribution is 6.28. The molecule has 3 rings (SSSR count). The Balaban J connectivity index is 1.83. The van der Waals surface area contributed by atoms with Crippen LogP contribution in [0.3, 0.4) is 0 Å². The van der Waals surface area contributed by atoms with Gasteiger partial charge in [0.2, 0.25) is 11.2 Å². The molecule has 9 heteroatoms. The molecule has 2 aromatic heterocycles. The number of nitrogens with zero attached hydrogens (tertiary/aromatic N) is 3. The minimum Gasteiger partial charge on any atom is -0.392 e. The van der Waals surface area contributed by atoms with Crippen molar-refractivity contribution in [2.45, 2.75) is 69.8 Å². The zero-order chi connectivity index (χ0) is 22.6. The maximum atomic E-state index is 12.5. The SMILES string of the molecule is [2H]N(C(=O)CCCCCCC)c1nc(Cl)nc2c1ccn2[C@H]1C[C@H](O)[C@@](C#C)(CO)O1. The van der Waals surface area contributed by atoms with E-state index >= 15 is 0 Å². The Kier molecular flexibility index (Phi) is 6.85. The zero-order valence-corrected chi connectivity index (χ0v) is 17.7. The summed E-state index contributed by atoms with van der Waals surface area (Å²) in [6.45, 7) is 1.59. The van der Waals surface area contributed by atoms with Crippen LogP contribution in [-0.2, 0) is 9.53 Å². The van der Waals surface area contributed by atoms with Crippen LogP contribution in [0.15, 0.2) is 12.3 Å². The van der Waals surface area contributed by atoms with Crippen molar-refractivity contribution >= 4 is 34.4 Å². The van der Waals surface area contributed by atoms with Crippen molar-refractivity contribution in [1.29, 1.82) is 0 Å². The van der Waals surface area contributed by atoms with Gasteiger partial charge in [0, 0.05) is 19.0 Å². The highest BCUT2D eigenvalue weighted by atomic mass is 35.5. The van der Waals surface area contributed by atoms with Crippen molar-refractivity contribution in [1.82, 2.24) is 14.5 Å². The molecular formula is C21H27ClN4O4. The molecule has 3 heterocycles. The fourth-order valence-corrected chi connectivity index (χ4v) is 3.76. The van der Waals surface area contributed by atoms with E-state index in [4.69, 9.17) is 24.2 Å². The number of halogens is 1. The summed E-state index contributed by atoms with van der Waals surface area (Å²) in [6, 6.07) is 1.65. The lowest BCUT2D eigenvalue weighted by Gasteiger charge is -2.23.